The second-order valence-corrected chi connectivity index (χ2v) is 6.60. The van der Waals surface area contributed by atoms with Gasteiger partial charge >= 0.3 is 11.9 Å². The van der Waals surface area contributed by atoms with Crippen molar-refractivity contribution < 1.29 is 24.2 Å². The Balaban J connectivity index is 1.94. The molecule has 0 fully saturated rings. The first-order chi connectivity index (χ1) is 13.1. The monoisotopic (exact) mass is 376 g/mol. The number of esters is 1. The molecule has 5 heteroatoms. The Bertz CT molecular complexity index is 563. The Hall–Kier alpha value is -2.30. The highest BCUT2D eigenvalue weighted by atomic mass is 16.5. The maximum atomic E-state index is 11.7. The molecule has 0 aliphatic carbocycles. The van der Waals surface area contributed by atoms with Gasteiger partial charge in [-0.25, -0.2) is 4.79 Å². The van der Waals surface area contributed by atoms with Crippen molar-refractivity contribution in [3.8, 4) is 5.75 Å². The Morgan fingerprint density at radius 3 is 2.00 bits per heavy atom. The van der Waals surface area contributed by atoms with Crippen molar-refractivity contribution in [1.82, 2.24) is 0 Å². The van der Waals surface area contributed by atoms with E-state index in [4.69, 9.17) is 14.6 Å². The zero-order valence-corrected chi connectivity index (χ0v) is 16.3. The van der Waals surface area contributed by atoms with E-state index in [0.29, 0.717) is 6.61 Å². The number of unbranched alkanes of at least 4 members (excludes halogenated alkanes) is 8. The molecule has 0 atom stereocenters. The van der Waals surface area contributed by atoms with Gasteiger partial charge in [-0.05, 0) is 36.6 Å². The molecule has 0 aromatic heterocycles. The SMILES string of the molecule is COc1ccc(C=CC(=O)OCCCCCCCCCCCC(=O)O)cc1. The summed E-state index contributed by atoms with van der Waals surface area (Å²) in [5.74, 6) is -0.230. The summed E-state index contributed by atoms with van der Waals surface area (Å²) in [5, 5.41) is 8.55. The lowest BCUT2D eigenvalue weighted by molar-refractivity contribution is -0.138. The first kappa shape index (κ1) is 22.7. The molecule has 5 nitrogen and oxygen atoms in total. The summed E-state index contributed by atoms with van der Waals surface area (Å²) in [5.41, 5.74) is 0.927. The Kier molecular flexibility index (Phi) is 12.5. The third kappa shape index (κ3) is 12.7. The van der Waals surface area contributed by atoms with Crippen LogP contribution in [0.5, 0.6) is 5.75 Å². The van der Waals surface area contributed by atoms with Crippen LogP contribution in [0.3, 0.4) is 0 Å². The van der Waals surface area contributed by atoms with Gasteiger partial charge in [0.1, 0.15) is 5.75 Å². The number of carboxylic acid groups (broad SMARTS) is 1. The minimum absolute atomic E-state index is 0.286. The fraction of sp³-hybridized carbons (Fsp3) is 0.545. The lowest BCUT2D eigenvalue weighted by Crippen LogP contribution is -2.02. The molecule has 0 radical (unpaired) electrons. The van der Waals surface area contributed by atoms with Gasteiger partial charge in [0.2, 0.25) is 0 Å². The fourth-order valence-electron chi connectivity index (χ4n) is 2.72. The number of benzene rings is 1. The van der Waals surface area contributed by atoms with Crippen LogP contribution in [0, 0.1) is 0 Å². The van der Waals surface area contributed by atoms with Crippen molar-refractivity contribution in [2.75, 3.05) is 13.7 Å². The van der Waals surface area contributed by atoms with Crippen molar-refractivity contribution >= 4 is 18.0 Å². The smallest absolute Gasteiger partial charge is 0.330 e. The number of hydrogen-bond donors (Lipinski definition) is 1. The van der Waals surface area contributed by atoms with Crippen molar-refractivity contribution in [1.29, 1.82) is 0 Å². The summed E-state index contributed by atoms with van der Waals surface area (Å²) in [4.78, 5) is 22.1. The van der Waals surface area contributed by atoms with Crippen LogP contribution in [-0.4, -0.2) is 30.8 Å². The molecule has 150 valence electrons. The largest absolute Gasteiger partial charge is 0.497 e. The normalized spacial score (nSPS) is 10.9. The number of carbonyl (C=O) groups excluding carboxylic acids is 1. The molecule has 0 amide bonds. The molecule has 27 heavy (non-hydrogen) atoms. The third-order valence-corrected chi connectivity index (χ3v) is 4.31. The van der Waals surface area contributed by atoms with Gasteiger partial charge in [-0.3, -0.25) is 4.79 Å². The van der Waals surface area contributed by atoms with Crippen LogP contribution in [-0.2, 0) is 14.3 Å². The second kappa shape index (κ2) is 14.8. The minimum atomic E-state index is -0.702. The summed E-state index contributed by atoms with van der Waals surface area (Å²) < 4.78 is 10.3. The number of hydrogen-bond acceptors (Lipinski definition) is 4. The molecule has 1 N–H and O–H groups in total. The van der Waals surface area contributed by atoms with Crippen molar-refractivity contribution in [2.45, 2.75) is 64.2 Å². The molecular formula is C22H32O5. The lowest BCUT2D eigenvalue weighted by Gasteiger charge is -2.03. The molecule has 0 aliphatic heterocycles. The van der Waals surface area contributed by atoms with Crippen LogP contribution in [0.15, 0.2) is 30.3 Å². The third-order valence-electron chi connectivity index (χ3n) is 4.31. The van der Waals surface area contributed by atoms with Crippen LogP contribution in [0.2, 0.25) is 0 Å². The van der Waals surface area contributed by atoms with E-state index in [0.717, 1.165) is 49.8 Å². The van der Waals surface area contributed by atoms with Gasteiger partial charge in [0.15, 0.2) is 0 Å². The predicted octanol–water partition coefficient (Wildman–Crippen LogP) is 5.24. The molecule has 0 saturated carbocycles. The summed E-state index contributed by atoms with van der Waals surface area (Å²) in [6.07, 6.45) is 13.0. The Labute approximate surface area is 162 Å². The maximum absolute atomic E-state index is 11.7. The summed E-state index contributed by atoms with van der Waals surface area (Å²) >= 11 is 0. The van der Waals surface area contributed by atoms with E-state index >= 15 is 0 Å². The Morgan fingerprint density at radius 1 is 0.889 bits per heavy atom. The predicted molar refractivity (Wildman–Crippen MR) is 107 cm³/mol. The van der Waals surface area contributed by atoms with Crippen LogP contribution < -0.4 is 4.74 Å². The highest BCUT2D eigenvalue weighted by molar-refractivity contribution is 5.87. The molecule has 0 spiro atoms. The first-order valence-corrected chi connectivity index (χ1v) is 9.82. The molecule has 0 unspecified atom stereocenters. The van der Waals surface area contributed by atoms with Crippen molar-refractivity contribution in [3.63, 3.8) is 0 Å². The van der Waals surface area contributed by atoms with Gasteiger partial charge in [-0.15, -0.1) is 0 Å². The van der Waals surface area contributed by atoms with E-state index in [-0.39, 0.29) is 12.4 Å². The minimum Gasteiger partial charge on any atom is -0.497 e. The molecule has 0 heterocycles. The first-order valence-electron chi connectivity index (χ1n) is 9.82. The number of carbonyl (C=O) groups is 2. The number of rotatable bonds is 15. The van der Waals surface area contributed by atoms with E-state index in [9.17, 15) is 9.59 Å². The van der Waals surface area contributed by atoms with Gasteiger partial charge < -0.3 is 14.6 Å². The highest BCUT2D eigenvalue weighted by Gasteiger charge is 1.99. The van der Waals surface area contributed by atoms with Gasteiger partial charge in [0.05, 0.1) is 13.7 Å². The second-order valence-electron chi connectivity index (χ2n) is 6.60. The van der Waals surface area contributed by atoms with Gasteiger partial charge in [0.25, 0.3) is 0 Å². The number of methoxy groups -OCH3 is 1. The quantitative estimate of drug-likeness (QED) is 0.257. The zero-order valence-electron chi connectivity index (χ0n) is 16.3. The van der Waals surface area contributed by atoms with Crippen LogP contribution in [0.25, 0.3) is 6.08 Å². The zero-order chi connectivity index (χ0) is 19.7. The molecule has 0 saturated heterocycles. The van der Waals surface area contributed by atoms with E-state index in [1.165, 1.54) is 25.3 Å². The molecule has 1 aromatic rings. The van der Waals surface area contributed by atoms with E-state index in [1.54, 1.807) is 13.2 Å². The standard InChI is InChI=1S/C22H32O5/c1-26-20-15-12-19(13-16-20)14-17-22(25)27-18-10-8-6-4-2-3-5-7-9-11-21(23)24/h12-17H,2-11,18H2,1H3,(H,23,24). The van der Waals surface area contributed by atoms with E-state index in [1.807, 2.05) is 24.3 Å². The average Bonchev–Trinajstić information content (AvgIpc) is 2.67. The van der Waals surface area contributed by atoms with Crippen LogP contribution in [0.4, 0.5) is 0 Å². The summed E-state index contributed by atoms with van der Waals surface area (Å²) in [7, 11) is 1.62. The summed E-state index contributed by atoms with van der Waals surface area (Å²) in [6, 6.07) is 7.46. The topological polar surface area (TPSA) is 72.8 Å². The molecule has 0 bridgehead atoms. The average molecular weight is 376 g/mol. The Morgan fingerprint density at radius 2 is 1.44 bits per heavy atom. The lowest BCUT2D eigenvalue weighted by atomic mass is 10.1. The van der Waals surface area contributed by atoms with Crippen molar-refractivity contribution in [3.05, 3.63) is 35.9 Å². The van der Waals surface area contributed by atoms with Gasteiger partial charge in [-0.2, -0.15) is 0 Å². The number of ether oxygens (including phenoxy) is 2. The summed E-state index contributed by atoms with van der Waals surface area (Å²) in [6.45, 7) is 0.459. The van der Waals surface area contributed by atoms with Crippen molar-refractivity contribution in [2.24, 2.45) is 0 Å². The molecule has 1 aromatic carbocycles. The number of aliphatic carboxylic acids is 1. The number of carboxylic acids is 1. The molecule has 1 rings (SSSR count). The molecular weight excluding hydrogens is 344 g/mol. The molecule has 0 aliphatic rings. The maximum Gasteiger partial charge on any atom is 0.330 e. The van der Waals surface area contributed by atoms with Crippen LogP contribution >= 0.6 is 0 Å². The van der Waals surface area contributed by atoms with Gasteiger partial charge in [-0.1, -0.05) is 57.1 Å². The fourth-order valence-corrected chi connectivity index (χ4v) is 2.72. The van der Waals surface area contributed by atoms with E-state index in [2.05, 4.69) is 0 Å². The van der Waals surface area contributed by atoms with Gasteiger partial charge in [0, 0.05) is 12.5 Å². The van der Waals surface area contributed by atoms with Crippen LogP contribution in [0.1, 0.15) is 69.8 Å². The highest BCUT2D eigenvalue weighted by Crippen LogP contribution is 2.13. The van der Waals surface area contributed by atoms with E-state index < -0.39 is 5.97 Å².